The molecule has 7 nitrogen and oxygen atoms in total. The molecule has 0 saturated carbocycles. The number of carboxylic acids is 2. The normalized spacial score (nSPS) is 11.1. The van der Waals surface area contributed by atoms with E-state index < -0.39 is 18.0 Å². The lowest BCUT2D eigenvalue weighted by Gasteiger charge is -2.11. The fourth-order valence-electron chi connectivity index (χ4n) is 2.77. The minimum Gasteiger partial charge on any atom is -0.478 e. The fraction of sp³-hybridized carbons (Fsp3) is 0.0500. The second-order valence-corrected chi connectivity index (χ2v) is 5.88. The second kappa shape index (κ2) is 6.45. The van der Waals surface area contributed by atoms with E-state index in [1.165, 1.54) is 6.07 Å². The van der Waals surface area contributed by atoms with Crippen LogP contribution in [0.4, 0.5) is 0 Å². The molecule has 0 aliphatic carbocycles. The molecule has 4 aromatic rings. The minimum atomic E-state index is -1.96. The zero-order chi connectivity index (χ0) is 19.0. The summed E-state index contributed by atoms with van der Waals surface area (Å²) in [6, 6.07) is 17.8. The molecule has 0 unspecified atom stereocenters. The highest BCUT2D eigenvalue weighted by Gasteiger charge is 2.27. The number of carbonyl (C=O) groups is 2. The van der Waals surface area contributed by atoms with E-state index in [0.29, 0.717) is 11.5 Å². The lowest BCUT2D eigenvalue weighted by molar-refractivity contribution is -0.159. The van der Waals surface area contributed by atoms with Crippen molar-refractivity contribution >= 4 is 33.8 Å². The highest BCUT2D eigenvalue weighted by Crippen LogP contribution is 2.29. The Bertz CT molecular complexity index is 1130. The van der Waals surface area contributed by atoms with E-state index in [1.54, 1.807) is 12.1 Å². The first kappa shape index (κ1) is 16.6. The summed E-state index contributed by atoms with van der Waals surface area (Å²) in [7, 11) is 0. The van der Waals surface area contributed by atoms with Crippen LogP contribution in [0.3, 0.4) is 0 Å². The first-order chi connectivity index (χ1) is 13.0. The highest BCUT2D eigenvalue weighted by molar-refractivity contribution is 5.96. The minimum absolute atomic E-state index is 0.159. The Kier molecular flexibility index (Phi) is 3.97. The molecule has 1 aromatic heterocycles. The fourth-order valence-corrected chi connectivity index (χ4v) is 2.77. The van der Waals surface area contributed by atoms with Gasteiger partial charge in [0.05, 0.1) is 0 Å². The molecular formula is C20H13NO6. The summed E-state index contributed by atoms with van der Waals surface area (Å²) in [6.45, 7) is 0. The number of carboxylic acid groups (broad SMARTS) is 2. The molecular weight excluding hydrogens is 350 g/mol. The standard InChI is InChI=1S/C20H13NO6/c22-19(23)17(20(24)25)26-14-8-7-11-9-13(6-5-12(11)10-14)18-21-15-3-1-2-4-16(15)27-18/h1-10,17H,(H,22,23)(H,24,25). The third-order valence-corrected chi connectivity index (χ3v) is 4.06. The Labute approximate surface area is 152 Å². The van der Waals surface area contributed by atoms with Crippen molar-refractivity contribution in [1.82, 2.24) is 4.98 Å². The van der Waals surface area contributed by atoms with Crippen LogP contribution in [0.5, 0.6) is 5.75 Å². The summed E-state index contributed by atoms with van der Waals surface area (Å²) in [6.07, 6.45) is -1.96. The molecule has 7 heteroatoms. The van der Waals surface area contributed by atoms with E-state index in [2.05, 4.69) is 4.98 Å². The van der Waals surface area contributed by atoms with Crippen molar-refractivity contribution in [2.24, 2.45) is 0 Å². The smallest absolute Gasteiger partial charge is 0.356 e. The number of fused-ring (bicyclic) bond motifs is 2. The summed E-state index contributed by atoms with van der Waals surface area (Å²) in [5, 5.41) is 19.5. The lowest BCUT2D eigenvalue weighted by Crippen LogP contribution is -2.35. The third-order valence-electron chi connectivity index (χ3n) is 4.06. The molecule has 2 N–H and O–H groups in total. The quantitative estimate of drug-likeness (QED) is 0.522. The number of nitrogens with zero attached hydrogens (tertiary/aromatic N) is 1. The van der Waals surface area contributed by atoms with E-state index in [4.69, 9.17) is 19.4 Å². The number of hydrogen-bond donors (Lipinski definition) is 2. The maximum Gasteiger partial charge on any atom is 0.356 e. The Hall–Kier alpha value is -3.87. The molecule has 4 rings (SSSR count). The predicted octanol–water partition coefficient (Wildman–Crippen LogP) is 3.56. The van der Waals surface area contributed by atoms with Gasteiger partial charge >= 0.3 is 11.9 Å². The number of benzene rings is 3. The molecule has 0 radical (unpaired) electrons. The zero-order valence-electron chi connectivity index (χ0n) is 13.8. The highest BCUT2D eigenvalue weighted by atomic mass is 16.5. The predicted molar refractivity (Wildman–Crippen MR) is 96.6 cm³/mol. The first-order valence-corrected chi connectivity index (χ1v) is 8.03. The number of oxazole rings is 1. The van der Waals surface area contributed by atoms with Gasteiger partial charge in [0.15, 0.2) is 5.58 Å². The molecule has 0 bridgehead atoms. The van der Waals surface area contributed by atoms with Gasteiger partial charge in [-0.3, -0.25) is 0 Å². The molecule has 0 fully saturated rings. The van der Waals surface area contributed by atoms with Crippen LogP contribution in [0.25, 0.3) is 33.3 Å². The molecule has 0 aliphatic rings. The molecule has 1 heterocycles. The van der Waals surface area contributed by atoms with Crippen LogP contribution < -0.4 is 4.74 Å². The van der Waals surface area contributed by atoms with E-state index in [-0.39, 0.29) is 5.75 Å². The van der Waals surface area contributed by atoms with Gasteiger partial charge in [0.2, 0.25) is 5.89 Å². The summed E-state index contributed by atoms with van der Waals surface area (Å²) < 4.78 is 10.8. The van der Waals surface area contributed by atoms with Gasteiger partial charge < -0.3 is 19.4 Å². The van der Waals surface area contributed by atoms with Crippen molar-refractivity contribution in [2.45, 2.75) is 6.10 Å². The summed E-state index contributed by atoms with van der Waals surface area (Å²) in [5.41, 5.74) is 2.26. The monoisotopic (exact) mass is 363 g/mol. The number of aromatic nitrogens is 1. The van der Waals surface area contributed by atoms with Crippen LogP contribution in [-0.4, -0.2) is 33.2 Å². The number of rotatable bonds is 5. The summed E-state index contributed by atoms with van der Waals surface area (Å²) >= 11 is 0. The van der Waals surface area contributed by atoms with Gasteiger partial charge in [-0.15, -0.1) is 0 Å². The van der Waals surface area contributed by atoms with Gasteiger partial charge in [-0.25, -0.2) is 14.6 Å². The third kappa shape index (κ3) is 3.18. The van der Waals surface area contributed by atoms with Crippen molar-refractivity contribution in [3.8, 4) is 17.2 Å². The van der Waals surface area contributed by atoms with E-state index >= 15 is 0 Å². The van der Waals surface area contributed by atoms with Crippen LogP contribution in [0.2, 0.25) is 0 Å². The SMILES string of the molecule is O=C(O)C(Oc1ccc2cc(-c3nc4ccccc4o3)ccc2c1)C(=O)O. The Balaban J connectivity index is 1.67. The maximum absolute atomic E-state index is 11.0. The van der Waals surface area contributed by atoms with Crippen molar-refractivity contribution in [3.63, 3.8) is 0 Å². The maximum atomic E-state index is 11.0. The molecule has 0 aliphatic heterocycles. The van der Waals surface area contributed by atoms with Gasteiger partial charge in [0.25, 0.3) is 6.10 Å². The van der Waals surface area contributed by atoms with Crippen molar-refractivity contribution < 1.29 is 29.0 Å². The van der Waals surface area contributed by atoms with Crippen molar-refractivity contribution in [3.05, 3.63) is 60.7 Å². The Morgan fingerprint density at radius 2 is 1.63 bits per heavy atom. The van der Waals surface area contributed by atoms with Gasteiger partial charge in [-0.2, -0.15) is 0 Å². The summed E-state index contributed by atoms with van der Waals surface area (Å²) in [5.74, 6) is -2.47. The largest absolute Gasteiger partial charge is 0.478 e. The number of hydrogen-bond acceptors (Lipinski definition) is 5. The zero-order valence-corrected chi connectivity index (χ0v) is 13.8. The van der Waals surface area contributed by atoms with Crippen LogP contribution in [0, 0.1) is 0 Å². The molecule has 3 aromatic carbocycles. The molecule has 134 valence electrons. The Morgan fingerprint density at radius 3 is 2.37 bits per heavy atom. The van der Waals surface area contributed by atoms with Crippen LogP contribution >= 0.6 is 0 Å². The van der Waals surface area contributed by atoms with Gasteiger partial charge in [0, 0.05) is 5.56 Å². The number of para-hydroxylation sites is 2. The molecule has 0 spiro atoms. The van der Waals surface area contributed by atoms with Gasteiger partial charge in [0.1, 0.15) is 11.3 Å². The second-order valence-electron chi connectivity index (χ2n) is 5.88. The molecule has 0 amide bonds. The number of aliphatic carboxylic acids is 2. The van der Waals surface area contributed by atoms with Crippen LogP contribution in [0.15, 0.2) is 65.1 Å². The lowest BCUT2D eigenvalue weighted by atomic mass is 10.1. The Morgan fingerprint density at radius 1 is 0.926 bits per heavy atom. The van der Waals surface area contributed by atoms with Gasteiger partial charge in [-0.05, 0) is 47.2 Å². The van der Waals surface area contributed by atoms with Crippen LogP contribution in [0.1, 0.15) is 0 Å². The average molecular weight is 363 g/mol. The number of ether oxygens (including phenoxy) is 1. The molecule has 0 saturated heterocycles. The molecule has 0 atom stereocenters. The molecule has 27 heavy (non-hydrogen) atoms. The van der Waals surface area contributed by atoms with Crippen LogP contribution in [-0.2, 0) is 9.59 Å². The van der Waals surface area contributed by atoms with E-state index in [0.717, 1.165) is 21.9 Å². The first-order valence-electron chi connectivity index (χ1n) is 8.03. The average Bonchev–Trinajstić information content (AvgIpc) is 3.09. The van der Waals surface area contributed by atoms with E-state index in [1.807, 2.05) is 42.5 Å². The van der Waals surface area contributed by atoms with E-state index in [9.17, 15) is 9.59 Å². The van der Waals surface area contributed by atoms with Crippen molar-refractivity contribution in [1.29, 1.82) is 0 Å². The topological polar surface area (TPSA) is 110 Å². The van der Waals surface area contributed by atoms with Crippen molar-refractivity contribution in [2.75, 3.05) is 0 Å². The summed E-state index contributed by atoms with van der Waals surface area (Å²) in [4.78, 5) is 26.4. The van der Waals surface area contributed by atoms with Gasteiger partial charge in [-0.1, -0.05) is 24.3 Å².